The van der Waals surface area contributed by atoms with Crippen molar-refractivity contribution < 1.29 is 46.6 Å². The van der Waals surface area contributed by atoms with Gasteiger partial charge in [-0.2, -0.15) is 8.78 Å². The number of carbonyl (C=O) groups excluding carboxylic acids is 3. The van der Waals surface area contributed by atoms with E-state index in [1.165, 1.54) is 24.2 Å². The van der Waals surface area contributed by atoms with Gasteiger partial charge in [0.15, 0.2) is 23.2 Å². The molecule has 0 aromatic heterocycles. The number of carboxylic acid groups (broad SMARTS) is 1. The first kappa shape index (κ1) is 30.4. The highest BCUT2D eigenvalue weighted by Crippen LogP contribution is 2.31. The number of aliphatic carboxylic acids is 1. The minimum absolute atomic E-state index is 0.0232. The number of nitrogens with one attached hydrogen (secondary N) is 1. The molecule has 1 saturated carbocycles. The number of hydrogen-bond donors (Lipinski definition) is 2. The third kappa shape index (κ3) is 10.2. The molecule has 1 saturated heterocycles. The van der Waals surface area contributed by atoms with Gasteiger partial charge in [-0.25, -0.2) is 13.1 Å². The van der Waals surface area contributed by atoms with Crippen molar-refractivity contribution in [3.8, 4) is 5.75 Å². The summed E-state index contributed by atoms with van der Waals surface area (Å²) in [5, 5.41) is 10.2. The third-order valence-corrected chi connectivity index (χ3v) is 6.78. The van der Waals surface area contributed by atoms with Crippen molar-refractivity contribution in [1.82, 2.24) is 14.5 Å². The Balaban J connectivity index is 0.00000112. The van der Waals surface area contributed by atoms with Crippen LogP contribution in [0.15, 0.2) is 6.07 Å². The predicted molar refractivity (Wildman–Crippen MR) is 126 cm³/mol. The van der Waals surface area contributed by atoms with Crippen LogP contribution in [0.1, 0.15) is 39.0 Å². The highest BCUT2D eigenvalue weighted by atomic mass is 32.2. The number of ether oxygens (including phenoxy) is 1. The normalized spacial score (nSPS) is 16.6. The molecule has 0 spiro atoms. The average Bonchev–Trinajstić information content (AvgIpc) is 2.83. The summed E-state index contributed by atoms with van der Waals surface area (Å²) in [6.45, 7) is 0.634. The lowest BCUT2D eigenvalue weighted by Gasteiger charge is -2.35. The monoisotopic (exact) mass is 551 g/mol. The maximum atomic E-state index is 13.5. The molecule has 2 aliphatic rings. The summed E-state index contributed by atoms with van der Waals surface area (Å²) in [7, 11) is 0. The highest BCUT2D eigenvalue weighted by molar-refractivity contribution is 7.97. The second-order valence-electron chi connectivity index (χ2n) is 8.46. The Morgan fingerprint density at radius 1 is 1.08 bits per heavy atom. The van der Waals surface area contributed by atoms with E-state index in [1.807, 2.05) is 4.31 Å². The summed E-state index contributed by atoms with van der Waals surface area (Å²) in [5.41, 5.74) is 0. The number of nitrogens with zero attached hydrogens (tertiary/aromatic N) is 2. The number of halogens is 4. The summed E-state index contributed by atoms with van der Waals surface area (Å²) >= 11 is 1.71. The molecule has 0 atom stereocenters. The fraction of sp³-hybridized carbons (Fsp3) is 0.565. The summed E-state index contributed by atoms with van der Waals surface area (Å²) in [5.74, 6) is -10.6. The van der Waals surface area contributed by atoms with E-state index in [9.17, 15) is 31.9 Å². The second-order valence-corrected chi connectivity index (χ2v) is 9.86. The zero-order valence-electron chi connectivity index (χ0n) is 20.2. The van der Waals surface area contributed by atoms with Crippen LogP contribution in [0.5, 0.6) is 5.75 Å². The lowest BCUT2D eigenvalue weighted by Crippen LogP contribution is -2.51. The Morgan fingerprint density at radius 3 is 2.24 bits per heavy atom. The number of hydrogen-bond acceptors (Lipinski definition) is 7. The Hall–Kier alpha value is -2.87. The van der Waals surface area contributed by atoms with Gasteiger partial charge in [0, 0.05) is 31.3 Å². The van der Waals surface area contributed by atoms with Crippen LogP contribution in [0.2, 0.25) is 0 Å². The number of carbonyl (C=O) groups is 4. The molecule has 0 radical (unpaired) electrons. The maximum Gasteiger partial charge on any atom is 0.300 e. The molecule has 1 aromatic carbocycles. The number of piperazine rings is 1. The minimum atomic E-state index is -1.76. The van der Waals surface area contributed by atoms with Crippen molar-refractivity contribution in [2.24, 2.45) is 0 Å². The van der Waals surface area contributed by atoms with Crippen LogP contribution in [-0.4, -0.2) is 82.5 Å². The number of carboxylic acids is 1. The van der Waals surface area contributed by atoms with Gasteiger partial charge in [0.2, 0.25) is 23.4 Å². The van der Waals surface area contributed by atoms with Crippen molar-refractivity contribution in [2.45, 2.75) is 44.3 Å². The maximum absolute atomic E-state index is 13.5. The fourth-order valence-corrected chi connectivity index (χ4v) is 4.97. The molecule has 2 N–H and O–H groups in total. The molecule has 2 amide bonds. The van der Waals surface area contributed by atoms with Gasteiger partial charge in [-0.1, -0.05) is 31.2 Å². The van der Waals surface area contributed by atoms with Crippen molar-refractivity contribution in [2.75, 3.05) is 39.3 Å². The van der Waals surface area contributed by atoms with E-state index in [1.54, 1.807) is 11.9 Å². The molecule has 1 heterocycles. The fourth-order valence-electron chi connectivity index (χ4n) is 3.63. The van der Waals surface area contributed by atoms with Crippen molar-refractivity contribution in [3.63, 3.8) is 0 Å². The van der Waals surface area contributed by atoms with Gasteiger partial charge >= 0.3 is 0 Å². The smallest absolute Gasteiger partial charge is 0.300 e. The van der Waals surface area contributed by atoms with E-state index in [0.717, 1.165) is 19.8 Å². The minimum Gasteiger partial charge on any atom is -0.481 e. The van der Waals surface area contributed by atoms with Crippen LogP contribution in [0.3, 0.4) is 0 Å². The molecule has 1 aliphatic heterocycles. The van der Waals surface area contributed by atoms with E-state index < -0.39 is 59.8 Å². The summed E-state index contributed by atoms with van der Waals surface area (Å²) in [6.07, 6.45) is 5.96. The van der Waals surface area contributed by atoms with Gasteiger partial charge in [-0.3, -0.25) is 19.2 Å². The van der Waals surface area contributed by atoms with Gasteiger partial charge in [0.05, 0.1) is 19.6 Å². The zero-order chi connectivity index (χ0) is 27.5. The summed E-state index contributed by atoms with van der Waals surface area (Å²) in [4.78, 5) is 46.7. The molecular weight excluding hydrogens is 522 g/mol. The molecule has 0 bridgehead atoms. The molecule has 14 heteroatoms. The lowest BCUT2D eigenvalue weighted by molar-refractivity contribution is -0.138. The van der Waals surface area contributed by atoms with Gasteiger partial charge in [0.1, 0.15) is 6.61 Å². The Labute approximate surface area is 215 Å². The SMILES string of the molecule is CC(=O)O.O=C(CNC(=O)CN1CCN(SC2CCCCC2)CC1=O)COc1c(F)c(F)cc(F)c1F. The summed E-state index contributed by atoms with van der Waals surface area (Å²) in [6, 6.07) is 0.0232. The van der Waals surface area contributed by atoms with Gasteiger partial charge < -0.3 is 20.1 Å². The van der Waals surface area contributed by atoms with Crippen molar-refractivity contribution in [1.29, 1.82) is 0 Å². The first-order chi connectivity index (χ1) is 17.5. The van der Waals surface area contributed by atoms with E-state index in [2.05, 4.69) is 10.1 Å². The zero-order valence-corrected chi connectivity index (χ0v) is 21.1. The predicted octanol–water partition coefficient (Wildman–Crippen LogP) is 2.52. The molecule has 3 rings (SSSR count). The molecule has 2 fully saturated rings. The first-order valence-electron chi connectivity index (χ1n) is 11.6. The number of Topliss-reactive ketones (excluding diaryl/α,β-unsaturated/α-hetero) is 1. The van der Waals surface area contributed by atoms with Crippen molar-refractivity contribution in [3.05, 3.63) is 29.3 Å². The topological polar surface area (TPSA) is 116 Å². The van der Waals surface area contributed by atoms with Crippen molar-refractivity contribution >= 4 is 35.5 Å². The lowest BCUT2D eigenvalue weighted by atomic mass is 10.0. The number of benzene rings is 1. The Kier molecular flexibility index (Phi) is 12.1. The molecular formula is C23H29F4N3O6S. The number of rotatable bonds is 9. The van der Waals surface area contributed by atoms with Crippen LogP contribution in [0.25, 0.3) is 0 Å². The summed E-state index contributed by atoms with van der Waals surface area (Å²) < 4.78 is 60.0. The van der Waals surface area contributed by atoms with Crippen LogP contribution < -0.4 is 10.1 Å². The van der Waals surface area contributed by atoms with Gasteiger partial charge in [-0.05, 0) is 12.8 Å². The highest BCUT2D eigenvalue weighted by Gasteiger charge is 2.28. The molecule has 9 nitrogen and oxygen atoms in total. The number of amides is 2. The van der Waals surface area contributed by atoms with Crippen LogP contribution in [0, 0.1) is 23.3 Å². The van der Waals surface area contributed by atoms with E-state index in [-0.39, 0.29) is 25.1 Å². The number of ketones is 1. The van der Waals surface area contributed by atoms with Crippen LogP contribution >= 0.6 is 11.9 Å². The van der Waals surface area contributed by atoms with Gasteiger partial charge in [0.25, 0.3) is 5.97 Å². The molecule has 37 heavy (non-hydrogen) atoms. The van der Waals surface area contributed by atoms with Gasteiger partial charge in [-0.15, -0.1) is 0 Å². The molecule has 0 unspecified atom stereocenters. The first-order valence-corrected chi connectivity index (χ1v) is 12.4. The molecule has 1 aromatic rings. The van der Waals surface area contributed by atoms with Crippen LogP contribution in [-0.2, 0) is 19.2 Å². The van der Waals surface area contributed by atoms with E-state index >= 15 is 0 Å². The largest absolute Gasteiger partial charge is 0.481 e. The third-order valence-electron chi connectivity index (χ3n) is 5.40. The Bertz CT molecular complexity index is 963. The van der Waals surface area contributed by atoms with E-state index in [4.69, 9.17) is 9.90 Å². The molecule has 206 valence electrons. The average molecular weight is 552 g/mol. The second kappa shape index (κ2) is 14.8. The van der Waals surface area contributed by atoms with E-state index in [0.29, 0.717) is 18.3 Å². The quantitative estimate of drug-likeness (QED) is 0.273. The molecule has 1 aliphatic carbocycles. The standard InChI is InChI=1S/C21H25F4N3O4S.C2H4O2/c22-15-8-16(23)20(25)21(19(15)24)32-12-13(29)9-26-17(30)10-27-6-7-28(11-18(27)31)33-14-4-2-1-3-5-14;1-2(3)4/h8,14H,1-7,9-12H2,(H,26,30);1H3,(H,3,4). The van der Waals surface area contributed by atoms with Crippen LogP contribution in [0.4, 0.5) is 17.6 Å². The Morgan fingerprint density at radius 2 is 1.68 bits per heavy atom.